The van der Waals surface area contributed by atoms with Crippen molar-refractivity contribution in [3.05, 3.63) is 36.0 Å². The Morgan fingerprint density at radius 3 is 2.23 bits per heavy atom. The standard InChI is InChI=1S/C17H22N2O7/c1-10-3-2-4-11(6-5-10)9-13(16(24)25)19-17(26)18-12(15(22)23)7-8-14(20)21/h2-6,10,12-13H,7-9H2,1H3,(H,20,21)(H,22,23)(H,24,25)(H2,18,19,26). The molecule has 0 aromatic carbocycles. The van der Waals surface area contributed by atoms with Gasteiger partial charge in [0.05, 0.1) is 0 Å². The lowest BCUT2D eigenvalue weighted by molar-refractivity contribution is -0.140. The van der Waals surface area contributed by atoms with Crippen LogP contribution < -0.4 is 10.6 Å². The Labute approximate surface area is 150 Å². The van der Waals surface area contributed by atoms with Crippen molar-refractivity contribution in [3.8, 4) is 0 Å². The molecule has 1 rings (SSSR count). The summed E-state index contributed by atoms with van der Waals surface area (Å²) < 4.78 is 0. The minimum Gasteiger partial charge on any atom is -0.481 e. The number of allylic oxidation sites excluding steroid dienone is 5. The van der Waals surface area contributed by atoms with Gasteiger partial charge in [-0.2, -0.15) is 0 Å². The molecule has 0 aromatic rings. The fraction of sp³-hybridized carbons (Fsp3) is 0.412. The van der Waals surface area contributed by atoms with Crippen molar-refractivity contribution < 1.29 is 34.5 Å². The van der Waals surface area contributed by atoms with Crippen LogP contribution in [0.15, 0.2) is 36.0 Å². The molecule has 0 radical (unpaired) electrons. The summed E-state index contributed by atoms with van der Waals surface area (Å²) in [4.78, 5) is 44.9. The lowest BCUT2D eigenvalue weighted by Crippen LogP contribution is -2.51. The molecule has 9 heteroatoms. The van der Waals surface area contributed by atoms with Crippen LogP contribution in [0.1, 0.15) is 26.2 Å². The summed E-state index contributed by atoms with van der Waals surface area (Å²) in [7, 11) is 0. The van der Waals surface area contributed by atoms with Crippen molar-refractivity contribution in [3.63, 3.8) is 0 Å². The molecule has 0 aliphatic heterocycles. The maximum Gasteiger partial charge on any atom is 0.326 e. The quantitative estimate of drug-likeness (QED) is 0.410. The minimum atomic E-state index is -1.43. The molecule has 9 nitrogen and oxygen atoms in total. The van der Waals surface area contributed by atoms with E-state index in [-0.39, 0.29) is 18.8 Å². The van der Waals surface area contributed by atoms with Gasteiger partial charge in [-0.05, 0) is 17.9 Å². The highest BCUT2D eigenvalue weighted by Gasteiger charge is 2.25. The van der Waals surface area contributed by atoms with E-state index in [1.807, 2.05) is 19.1 Å². The third-order valence-corrected chi connectivity index (χ3v) is 3.63. The average molecular weight is 366 g/mol. The highest BCUT2D eigenvalue weighted by molar-refractivity contribution is 5.86. The smallest absolute Gasteiger partial charge is 0.326 e. The van der Waals surface area contributed by atoms with E-state index in [9.17, 15) is 24.3 Å². The van der Waals surface area contributed by atoms with Crippen LogP contribution in [0.2, 0.25) is 0 Å². The molecule has 26 heavy (non-hydrogen) atoms. The normalized spacial score (nSPS) is 18.2. The number of amides is 2. The molecule has 0 fully saturated rings. The van der Waals surface area contributed by atoms with Gasteiger partial charge in [0.25, 0.3) is 0 Å². The molecule has 2 amide bonds. The minimum absolute atomic E-state index is 0.0170. The van der Waals surface area contributed by atoms with Crippen molar-refractivity contribution in [2.75, 3.05) is 0 Å². The van der Waals surface area contributed by atoms with Gasteiger partial charge < -0.3 is 26.0 Å². The Kier molecular flexibility index (Phi) is 8.07. The summed E-state index contributed by atoms with van der Waals surface area (Å²) >= 11 is 0. The van der Waals surface area contributed by atoms with Gasteiger partial charge in [0.2, 0.25) is 0 Å². The van der Waals surface area contributed by atoms with Crippen LogP contribution in [0, 0.1) is 5.92 Å². The Bertz CT molecular complexity index is 651. The average Bonchev–Trinajstić information content (AvgIpc) is 2.74. The van der Waals surface area contributed by atoms with E-state index in [0.717, 1.165) is 0 Å². The number of carbonyl (C=O) groups is 4. The molecule has 3 unspecified atom stereocenters. The van der Waals surface area contributed by atoms with Gasteiger partial charge in [-0.1, -0.05) is 37.3 Å². The van der Waals surface area contributed by atoms with E-state index in [4.69, 9.17) is 10.2 Å². The lowest BCUT2D eigenvalue weighted by Gasteiger charge is -2.18. The molecule has 0 saturated carbocycles. The number of urea groups is 1. The Balaban J connectivity index is 2.69. The van der Waals surface area contributed by atoms with Crippen molar-refractivity contribution in [1.29, 1.82) is 0 Å². The summed E-state index contributed by atoms with van der Waals surface area (Å²) in [5, 5.41) is 31.2. The second kappa shape index (κ2) is 10.0. The summed E-state index contributed by atoms with van der Waals surface area (Å²) in [6.45, 7) is 1.97. The molecule has 0 heterocycles. The van der Waals surface area contributed by atoms with Crippen LogP contribution in [-0.4, -0.2) is 51.3 Å². The Hall–Kier alpha value is -3.10. The molecular formula is C17H22N2O7. The second-order valence-electron chi connectivity index (χ2n) is 5.88. The third-order valence-electron chi connectivity index (χ3n) is 3.63. The van der Waals surface area contributed by atoms with Crippen molar-refractivity contribution in [1.82, 2.24) is 10.6 Å². The summed E-state index contributed by atoms with van der Waals surface area (Å²) in [6, 6.07) is -3.68. The largest absolute Gasteiger partial charge is 0.481 e. The monoisotopic (exact) mass is 366 g/mol. The number of aliphatic carboxylic acids is 3. The van der Waals surface area contributed by atoms with E-state index in [0.29, 0.717) is 5.57 Å². The predicted molar refractivity (Wildman–Crippen MR) is 91.5 cm³/mol. The van der Waals surface area contributed by atoms with E-state index < -0.39 is 42.4 Å². The molecule has 142 valence electrons. The Morgan fingerprint density at radius 1 is 1.04 bits per heavy atom. The second-order valence-corrected chi connectivity index (χ2v) is 5.88. The first-order valence-electron chi connectivity index (χ1n) is 7.99. The molecule has 3 atom stereocenters. The zero-order chi connectivity index (χ0) is 19.7. The van der Waals surface area contributed by atoms with Crippen molar-refractivity contribution in [2.45, 2.75) is 38.3 Å². The van der Waals surface area contributed by atoms with Crippen LogP contribution in [0.4, 0.5) is 4.79 Å². The molecule has 0 bridgehead atoms. The first-order chi connectivity index (χ1) is 12.2. The molecular weight excluding hydrogens is 344 g/mol. The van der Waals surface area contributed by atoms with Crippen LogP contribution in [0.25, 0.3) is 0 Å². The van der Waals surface area contributed by atoms with E-state index in [1.165, 1.54) is 0 Å². The maximum absolute atomic E-state index is 11.9. The SMILES string of the molecule is CC1C=CC=C(CC(NC(=O)NC(CCC(=O)O)C(=O)O)C(=O)O)C=C1. The fourth-order valence-electron chi connectivity index (χ4n) is 2.20. The van der Waals surface area contributed by atoms with Crippen LogP contribution in [0.5, 0.6) is 0 Å². The van der Waals surface area contributed by atoms with Gasteiger partial charge in [0.15, 0.2) is 0 Å². The number of hydrogen-bond donors (Lipinski definition) is 5. The van der Waals surface area contributed by atoms with Gasteiger partial charge in [-0.15, -0.1) is 0 Å². The molecule has 5 N–H and O–H groups in total. The molecule has 0 saturated heterocycles. The highest BCUT2D eigenvalue weighted by Crippen LogP contribution is 2.14. The van der Waals surface area contributed by atoms with Crippen LogP contribution >= 0.6 is 0 Å². The maximum atomic E-state index is 11.9. The van der Waals surface area contributed by atoms with Gasteiger partial charge in [-0.3, -0.25) is 4.79 Å². The fourth-order valence-corrected chi connectivity index (χ4v) is 2.20. The van der Waals surface area contributed by atoms with E-state index >= 15 is 0 Å². The molecule has 1 aliphatic rings. The first-order valence-corrected chi connectivity index (χ1v) is 7.99. The highest BCUT2D eigenvalue weighted by atomic mass is 16.4. The molecule has 0 spiro atoms. The summed E-state index contributed by atoms with van der Waals surface area (Å²) in [6.07, 6.45) is 8.39. The predicted octanol–water partition coefficient (Wildman–Crippen LogP) is 1.14. The number of carboxylic acids is 3. The van der Waals surface area contributed by atoms with Crippen LogP contribution in [0.3, 0.4) is 0 Å². The topological polar surface area (TPSA) is 153 Å². The number of carboxylic acid groups (broad SMARTS) is 3. The van der Waals surface area contributed by atoms with Crippen molar-refractivity contribution in [2.24, 2.45) is 5.92 Å². The van der Waals surface area contributed by atoms with Gasteiger partial charge in [0.1, 0.15) is 12.1 Å². The van der Waals surface area contributed by atoms with Crippen molar-refractivity contribution >= 4 is 23.9 Å². The summed E-state index contributed by atoms with van der Waals surface area (Å²) in [5.41, 5.74) is 0.693. The number of nitrogens with one attached hydrogen (secondary N) is 2. The van der Waals surface area contributed by atoms with E-state index in [1.54, 1.807) is 18.2 Å². The lowest BCUT2D eigenvalue weighted by atomic mass is 10.0. The molecule has 1 aliphatic carbocycles. The van der Waals surface area contributed by atoms with Gasteiger partial charge in [-0.25, -0.2) is 14.4 Å². The number of rotatable bonds is 9. The molecule has 0 aromatic heterocycles. The zero-order valence-corrected chi connectivity index (χ0v) is 14.2. The van der Waals surface area contributed by atoms with Gasteiger partial charge >= 0.3 is 23.9 Å². The summed E-state index contributed by atoms with van der Waals surface area (Å²) in [5.74, 6) is -3.67. The van der Waals surface area contributed by atoms with Crippen LogP contribution in [-0.2, 0) is 14.4 Å². The third kappa shape index (κ3) is 7.65. The van der Waals surface area contributed by atoms with Gasteiger partial charge in [0, 0.05) is 12.8 Å². The Morgan fingerprint density at radius 2 is 1.65 bits per heavy atom. The first kappa shape index (κ1) is 20.9. The number of hydrogen-bond acceptors (Lipinski definition) is 4. The zero-order valence-electron chi connectivity index (χ0n) is 14.2. The van der Waals surface area contributed by atoms with E-state index in [2.05, 4.69) is 10.6 Å². The number of carbonyl (C=O) groups excluding carboxylic acids is 1.